The van der Waals surface area contributed by atoms with Gasteiger partial charge in [-0.25, -0.2) is 0 Å². The van der Waals surface area contributed by atoms with Crippen molar-refractivity contribution in [1.82, 2.24) is 5.32 Å². The van der Waals surface area contributed by atoms with Crippen LogP contribution in [0, 0.1) is 0 Å². The van der Waals surface area contributed by atoms with Crippen LogP contribution in [-0.2, 0) is 4.74 Å². The van der Waals surface area contributed by atoms with Crippen LogP contribution in [0.5, 0.6) is 0 Å². The summed E-state index contributed by atoms with van der Waals surface area (Å²) >= 11 is 3.25. The van der Waals surface area contributed by atoms with E-state index in [2.05, 4.69) is 21.2 Å². The zero-order chi connectivity index (χ0) is 8.39. The molecule has 2 heterocycles. The van der Waals surface area contributed by atoms with Crippen molar-refractivity contribution in [2.45, 2.75) is 12.6 Å². The van der Waals surface area contributed by atoms with Gasteiger partial charge in [0.25, 0.3) is 0 Å². The minimum absolute atomic E-state index is 0. The third-order valence-electron chi connectivity index (χ3n) is 1.79. The fourth-order valence-corrected chi connectivity index (χ4v) is 1.54. The van der Waals surface area contributed by atoms with Gasteiger partial charge in [0.1, 0.15) is 5.76 Å². The van der Waals surface area contributed by atoms with Crippen LogP contribution in [-0.4, -0.2) is 13.2 Å². The van der Waals surface area contributed by atoms with Crippen LogP contribution in [0.2, 0.25) is 0 Å². The second-order valence-electron chi connectivity index (χ2n) is 2.70. The van der Waals surface area contributed by atoms with Crippen LogP contribution >= 0.6 is 28.3 Å². The van der Waals surface area contributed by atoms with E-state index in [0.29, 0.717) is 0 Å². The van der Waals surface area contributed by atoms with Gasteiger partial charge in [-0.1, -0.05) is 0 Å². The number of rotatable bonds is 1. The van der Waals surface area contributed by atoms with Gasteiger partial charge < -0.3 is 9.15 Å². The molecule has 0 aromatic carbocycles. The Bertz CT molecular complexity index is 260. The summed E-state index contributed by atoms with van der Waals surface area (Å²) in [6, 6.07) is 3.78. The molecule has 74 valence electrons. The van der Waals surface area contributed by atoms with Gasteiger partial charge in [0, 0.05) is 6.54 Å². The van der Waals surface area contributed by atoms with Crippen LogP contribution < -0.4 is 5.32 Å². The van der Waals surface area contributed by atoms with Crippen molar-refractivity contribution < 1.29 is 9.15 Å². The van der Waals surface area contributed by atoms with Crippen molar-refractivity contribution in [2.24, 2.45) is 0 Å². The van der Waals surface area contributed by atoms with Crippen molar-refractivity contribution in [1.29, 1.82) is 0 Å². The van der Waals surface area contributed by atoms with Gasteiger partial charge in [0.05, 0.1) is 6.61 Å². The lowest BCUT2D eigenvalue weighted by molar-refractivity contribution is -0.0138. The fourth-order valence-electron chi connectivity index (χ4n) is 1.22. The lowest BCUT2D eigenvalue weighted by Gasteiger charge is -2.21. The predicted octanol–water partition coefficient (Wildman–Crippen LogP) is 2.47. The molecule has 1 aliphatic rings. The molecule has 5 heteroatoms. The van der Waals surface area contributed by atoms with Crippen LogP contribution in [0.25, 0.3) is 0 Å². The quantitative estimate of drug-likeness (QED) is 0.850. The average molecular weight is 269 g/mol. The Kier molecular flexibility index (Phi) is 4.25. The van der Waals surface area contributed by atoms with E-state index < -0.39 is 0 Å². The normalized spacial score (nSPS) is 22.4. The molecule has 0 saturated carbocycles. The Labute approximate surface area is 91.4 Å². The molecule has 0 amide bonds. The Morgan fingerprint density at radius 2 is 2.31 bits per heavy atom. The van der Waals surface area contributed by atoms with Gasteiger partial charge in [0.2, 0.25) is 0 Å². The highest BCUT2D eigenvalue weighted by molar-refractivity contribution is 9.10. The largest absolute Gasteiger partial charge is 0.450 e. The molecular weight excluding hydrogens is 257 g/mol. The molecule has 1 aromatic rings. The second kappa shape index (κ2) is 5.00. The van der Waals surface area contributed by atoms with Gasteiger partial charge in [-0.15, -0.1) is 12.4 Å². The van der Waals surface area contributed by atoms with Gasteiger partial charge in [-0.3, -0.25) is 5.32 Å². The number of furan rings is 1. The summed E-state index contributed by atoms with van der Waals surface area (Å²) in [6.45, 7) is 1.79. The molecule has 1 unspecified atom stereocenters. The van der Waals surface area contributed by atoms with Gasteiger partial charge in [-0.2, -0.15) is 0 Å². The molecule has 1 aromatic heterocycles. The van der Waals surface area contributed by atoms with E-state index in [-0.39, 0.29) is 18.6 Å². The highest BCUT2D eigenvalue weighted by Gasteiger charge is 2.17. The molecule has 2 rings (SSSR count). The molecule has 13 heavy (non-hydrogen) atoms. The summed E-state index contributed by atoms with van der Waals surface area (Å²) in [5, 5.41) is 3.21. The summed E-state index contributed by atoms with van der Waals surface area (Å²) in [6.07, 6.45) is 1.00. The van der Waals surface area contributed by atoms with E-state index in [9.17, 15) is 0 Å². The minimum atomic E-state index is -0.0648. The number of ether oxygens (including phenoxy) is 1. The van der Waals surface area contributed by atoms with Gasteiger partial charge >= 0.3 is 0 Å². The topological polar surface area (TPSA) is 34.4 Å². The third kappa shape index (κ3) is 2.71. The maximum Gasteiger partial charge on any atom is 0.169 e. The summed E-state index contributed by atoms with van der Waals surface area (Å²) in [7, 11) is 0. The van der Waals surface area contributed by atoms with Gasteiger partial charge in [0.15, 0.2) is 10.9 Å². The van der Waals surface area contributed by atoms with E-state index in [1.165, 1.54) is 0 Å². The Morgan fingerprint density at radius 3 is 2.85 bits per heavy atom. The minimum Gasteiger partial charge on any atom is -0.450 e. The molecule has 1 saturated heterocycles. The van der Waals surface area contributed by atoms with E-state index in [4.69, 9.17) is 9.15 Å². The average Bonchev–Trinajstić information content (AvgIpc) is 2.54. The monoisotopic (exact) mass is 267 g/mol. The molecule has 0 radical (unpaired) electrons. The third-order valence-corrected chi connectivity index (χ3v) is 2.21. The summed E-state index contributed by atoms with van der Waals surface area (Å²) in [5.74, 6) is 0.835. The standard InChI is InChI=1S/C8H10BrNO2.ClH/c9-7-3-2-6(12-7)8-10-4-1-5-11-8;/h2-3,8,10H,1,4-5H2;1H. The zero-order valence-corrected chi connectivity index (χ0v) is 9.36. The maximum atomic E-state index is 5.45. The number of hydrogen-bond donors (Lipinski definition) is 1. The van der Waals surface area contributed by atoms with Crippen LogP contribution in [0.15, 0.2) is 21.2 Å². The lowest BCUT2D eigenvalue weighted by atomic mass is 10.3. The number of hydrogen-bond acceptors (Lipinski definition) is 3. The zero-order valence-electron chi connectivity index (χ0n) is 6.96. The SMILES string of the molecule is Brc1ccc(C2NCCCO2)o1.Cl. The van der Waals surface area contributed by atoms with Crippen molar-refractivity contribution >= 4 is 28.3 Å². The molecule has 0 bridgehead atoms. The van der Waals surface area contributed by atoms with Crippen LogP contribution in [0.3, 0.4) is 0 Å². The molecule has 1 aliphatic heterocycles. The molecule has 1 fully saturated rings. The Hall–Kier alpha value is -0.0300. The second-order valence-corrected chi connectivity index (χ2v) is 3.48. The molecule has 0 spiro atoms. The Balaban J connectivity index is 0.000000845. The van der Waals surface area contributed by atoms with Crippen molar-refractivity contribution in [3.05, 3.63) is 22.6 Å². The first kappa shape index (κ1) is 11.0. The van der Waals surface area contributed by atoms with Crippen molar-refractivity contribution in [2.75, 3.05) is 13.2 Å². The lowest BCUT2D eigenvalue weighted by Crippen LogP contribution is -2.30. The van der Waals surface area contributed by atoms with E-state index in [1.54, 1.807) is 0 Å². The first-order valence-electron chi connectivity index (χ1n) is 3.96. The van der Waals surface area contributed by atoms with Gasteiger partial charge in [-0.05, 0) is 34.5 Å². The molecule has 0 aliphatic carbocycles. The van der Waals surface area contributed by atoms with E-state index in [0.717, 1.165) is 30.0 Å². The predicted molar refractivity (Wildman–Crippen MR) is 55.0 cm³/mol. The van der Waals surface area contributed by atoms with E-state index in [1.807, 2.05) is 12.1 Å². The smallest absolute Gasteiger partial charge is 0.169 e. The Morgan fingerprint density at radius 1 is 1.46 bits per heavy atom. The maximum absolute atomic E-state index is 5.45. The highest BCUT2D eigenvalue weighted by Crippen LogP contribution is 2.22. The summed E-state index contributed by atoms with van der Waals surface area (Å²) in [5.41, 5.74) is 0. The van der Waals surface area contributed by atoms with Crippen LogP contribution in [0.4, 0.5) is 0 Å². The molecule has 1 N–H and O–H groups in total. The first-order chi connectivity index (χ1) is 5.86. The summed E-state index contributed by atoms with van der Waals surface area (Å²) in [4.78, 5) is 0. The first-order valence-corrected chi connectivity index (χ1v) is 4.76. The fraction of sp³-hybridized carbons (Fsp3) is 0.500. The number of nitrogens with one attached hydrogen (secondary N) is 1. The van der Waals surface area contributed by atoms with E-state index >= 15 is 0 Å². The number of halogens is 2. The molecule has 3 nitrogen and oxygen atoms in total. The molecular formula is C8H11BrClNO2. The van der Waals surface area contributed by atoms with Crippen molar-refractivity contribution in [3.8, 4) is 0 Å². The summed E-state index contributed by atoms with van der Waals surface area (Å²) < 4.78 is 11.5. The highest BCUT2D eigenvalue weighted by atomic mass is 79.9. The van der Waals surface area contributed by atoms with Crippen LogP contribution in [0.1, 0.15) is 18.4 Å². The van der Waals surface area contributed by atoms with Crippen molar-refractivity contribution in [3.63, 3.8) is 0 Å². The molecule has 1 atom stereocenters.